The van der Waals surface area contributed by atoms with E-state index < -0.39 is 6.17 Å². The summed E-state index contributed by atoms with van der Waals surface area (Å²) in [5.41, 5.74) is 0.159. The molecule has 1 heterocycles. The van der Waals surface area contributed by atoms with Crippen LogP contribution in [0.2, 0.25) is 0 Å². The van der Waals surface area contributed by atoms with Crippen LogP contribution in [0.5, 0.6) is 0 Å². The number of nitrogens with zero attached hydrogens (tertiary/aromatic N) is 1. The highest BCUT2D eigenvalue weighted by molar-refractivity contribution is 5.86. The zero-order valence-corrected chi connectivity index (χ0v) is 11.9. The van der Waals surface area contributed by atoms with Crippen molar-refractivity contribution < 1.29 is 13.9 Å². The van der Waals surface area contributed by atoms with Crippen LogP contribution in [0, 0.1) is 17.3 Å². The molecule has 0 N–H and O–H groups in total. The van der Waals surface area contributed by atoms with E-state index in [9.17, 15) is 9.18 Å². The van der Waals surface area contributed by atoms with E-state index in [-0.39, 0.29) is 23.2 Å². The number of hydrogen-bond acceptors (Lipinski definition) is 2. The third-order valence-corrected chi connectivity index (χ3v) is 4.43. The quantitative estimate of drug-likeness (QED) is 0.583. The summed E-state index contributed by atoms with van der Waals surface area (Å²) < 4.78 is 18.7. The van der Waals surface area contributed by atoms with Crippen molar-refractivity contribution in [1.29, 1.82) is 0 Å². The number of rotatable bonds is 3. The second-order valence-electron chi connectivity index (χ2n) is 6.50. The van der Waals surface area contributed by atoms with Crippen molar-refractivity contribution in [3.63, 3.8) is 0 Å². The first kappa shape index (κ1) is 14.6. The molecule has 1 saturated heterocycles. The second-order valence-corrected chi connectivity index (χ2v) is 6.50. The fourth-order valence-corrected chi connectivity index (χ4v) is 2.71. The molecule has 3 unspecified atom stereocenters. The lowest BCUT2D eigenvalue weighted by atomic mass is 9.85. The number of hydrogen-bond donors (Lipinski definition) is 0. The van der Waals surface area contributed by atoms with Gasteiger partial charge in [-0.1, -0.05) is 13.8 Å². The number of ether oxygens (including phenoxy) is 1. The van der Waals surface area contributed by atoms with Crippen LogP contribution in [0.15, 0.2) is 4.99 Å². The first-order valence-corrected chi connectivity index (χ1v) is 7.28. The Kier molecular flexibility index (Phi) is 4.71. The van der Waals surface area contributed by atoms with Gasteiger partial charge in [0.25, 0.3) is 0 Å². The number of halogens is 1. The van der Waals surface area contributed by atoms with Gasteiger partial charge in [0, 0.05) is 17.5 Å². The number of aliphatic imine (C=N–C) groups is 1. The number of amides is 1. The van der Waals surface area contributed by atoms with Crippen molar-refractivity contribution >= 4 is 12.1 Å². The van der Waals surface area contributed by atoms with Crippen molar-refractivity contribution in [3.05, 3.63) is 0 Å². The fourth-order valence-electron chi connectivity index (χ4n) is 2.71. The van der Waals surface area contributed by atoms with Crippen LogP contribution in [-0.2, 0) is 9.53 Å². The van der Waals surface area contributed by atoms with E-state index in [0.717, 1.165) is 32.5 Å². The molecule has 1 amide bonds. The van der Waals surface area contributed by atoms with Crippen LogP contribution in [0.3, 0.4) is 0 Å². The van der Waals surface area contributed by atoms with E-state index in [1.54, 1.807) is 6.21 Å². The molecule has 0 spiro atoms. The summed E-state index contributed by atoms with van der Waals surface area (Å²) in [7, 11) is 0. The van der Waals surface area contributed by atoms with Crippen molar-refractivity contribution in [3.8, 4) is 0 Å². The maximum atomic E-state index is 13.6. The van der Waals surface area contributed by atoms with Crippen molar-refractivity contribution in [2.45, 2.75) is 52.1 Å². The Bertz CT molecular complexity index is 340. The molecule has 0 aromatic carbocycles. The average Bonchev–Trinajstić information content (AvgIpc) is 2.51. The van der Waals surface area contributed by atoms with Crippen molar-refractivity contribution in [2.24, 2.45) is 22.2 Å². The number of carbonyl (C=O) groups excluding carboxylic acids is 1. The topological polar surface area (TPSA) is 38.7 Å². The molecule has 2 rings (SSSR count). The molecule has 1 aliphatic carbocycles. The first-order chi connectivity index (χ1) is 9.00. The van der Waals surface area contributed by atoms with E-state index in [1.807, 2.05) is 6.92 Å². The standard InChI is InChI=1S/C15H24FNO2/c1-11-3-4-12(5-6-13(11)16)14(18)17-8-7-15(2)9-19-10-15/h8,11-13H,3-7,9-10H2,1-2H3/b17-8+. The lowest BCUT2D eigenvalue weighted by Crippen LogP contribution is -2.39. The summed E-state index contributed by atoms with van der Waals surface area (Å²) in [5.74, 6) is -0.0668. The van der Waals surface area contributed by atoms with Gasteiger partial charge in [0.2, 0.25) is 5.91 Å². The smallest absolute Gasteiger partial charge is 0.248 e. The molecule has 19 heavy (non-hydrogen) atoms. The van der Waals surface area contributed by atoms with Gasteiger partial charge in [-0.05, 0) is 38.0 Å². The predicted molar refractivity (Wildman–Crippen MR) is 73.1 cm³/mol. The van der Waals surface area contributed by atoms with E-state index >= 15 is 0 Å². The zero-order chi connectivity index (χ0) is 13.9. The SMILES string of the molecule is CC1CCC(C(=O)/N=C/CC2(C)COC2)CCC1F. The van der Waals surface area contributed by atoms with E-state index in [4.69, 9.17) is 4.74 Å². The number of carbonyl (C=O) groups is 1. The number of alkyl halides is 1. The van der Waals surface area contributed by atoms with Gasteiger partial charge in [-0.3, -0.25) is 4.79 Å². The molecule has 2 aliphatic rings. The Morgan fingerprint density at radius 1 is 1.37 bits per heavy atom. The van der Waals surface area contributed by atoms with E-state index in [0.29, 0.717) is 12.8 Å². The predicted octanol–water partition coefficient (Wildman–Crippen LogP) is 3.17. The third kappa shape index (κ3) is 3.85. The van der Waals surface area contributed by atoms with E-state index in [2.05, 4.69) is 11.9 Å². The summed E-state index contributed by atoms with van der Waals surface area (Å²) >= 11 is 0. The Morgan fingerprint density at radius 2 is 2.05 bits per heavy atom. The fraction of sp³-hybridized carbons (Fsp3) is 0.867. The highest BCUT2D eigenvalue weighted by Gasteiger charge is 2.32. The molecule has 1 aliphatic heterocycles. The first-order valence-electron chi connectivity index (χ1n) is 7.28. The minimum absolute atomic E-state index is 0.0647. The van der Waals surface area contributed by atoms with Gasteiger partial charge in [-0.2, -0.15) is 0 Å². The largest absolute Gasteiger partial charge is 0.380 e. The van der Waals surface area contributed by atoms with Crippen molar-refractivity contribution in [1.82, 2.24) is 0 Å². The third-order valence-electron chi connectivity index (χ3n) is 4.43. The molecule has 108 valence electrons. The average molecular weight is 269 g/mol. The van der Waals surface area contributed by atoms with Gasteiger partial charge in [-0.15, -0.1) is 0 Å². The van der Waals surface area contributed by atoms with Crippen LogP contribution < -0.4 is 0 Å². The lowest BCUT2D eigenvalue weighted by Gasteiger charge is -2.36. The van der Waals surface area contributed by atoms with Gasteiger partial charge in [-0.25, -0.2) is 9.38 Å². The molecule has 0 aromatic heterocycles. The Hall–Kier alpha value is -0.770. The van der Waals surface area contributed by atoms with Gasteiger partial charge in [0.05, 0.1) is 13.2 Å². The molecule has 0 radical (unpaired) electrons. The molecule has 3 nitrogen and oxygen atoms in total. The summed E-state index contributed by atoms with van der Waals surface area (Å²) in [6, 6.07) is 0. The van der Waals surface area contributed by atoms with Crippen LogP contribution in [0.1, 0.15) is 46.0 Å². The molecule has 0 aromatic rings. The van der Waals surface area contributed by atoms with Crippen LogP contribution in [0.25, 0.3) is 0 Å². The molecular formula is C15H24FNO2. The molecule has 4 heteroatoms. The van der Waals surface area contributed by atoms with Gasteiger partial charge >= 0.3 is 0 Å². The minimum Gasteiger partial charge on any atom is -0.380 e. The van der Waals surface area contributed by atoms with E-state index in [1.165, 1.54) is 0 Å². The molecule has 1 saturated carbocycles. The van der Waals surface area contributed by atoms with Gasteiger partial charge < -0.3 is 4.74 Å². The molecule has 2 fully saturated rings. The van der Waals surface area contributed by atoms with Crippen LogP contribution >= 0.6 is 0 Å². The molecule has 3 atom stereocenters. The van der Waals surface area contributed by atoms with Crippen LogP contribution in [0.4, 0.5) is 4.39 Å². The summed E-state index contributed by atoms with van der Waals surface area (Å²) in [4.78, 5) is 16.1. The van der Waals surface area contributed by atoms with Gasteiger partial charge in [0.15, 0.2) is 0 Å². The summed E-state index contributed by atoms with van der Waals surface area (Å²) in [6.45, 7) is 5.56. The second kappa shape index (κ2) is 6.12. The van der Waals surface area contributed by atoms with Crippen LogP contribution in [-0.4, -0.2) is 31.5 Å². The highest BCUT2D eigenvalue weighted by atomic mass is 19.1. The zero-order valence-electron chi connectivity index (χ0n) is 11.9. The Labute approximate surface area is 114 Å². The maximum absolute atomic E-state index is 13.6. The highest BCUT2D eigenvalue weighted by Crippen LogP contribution is 2.31. The lowest BCUT2D eigenvalue weighted by molar-refractivity contribution is -0.122. The molecular weight excluding hydrogens is 245 g/mol. The Morgan fingerprint density at radius 3 is 2.68 bits per heavy atom. The van der Waals surface area contributed by atoms with Gasteiger partial charge in [0.1, 0.15) is 6.17 Å². The Balaban J connectivity index is 1.80. The molecule has 0 bridgehead atoms. The summed E-state index contributed by atoms with van der Waals surface area (Å²) in [5, 5.41) is 0. The van der Waals surface area contributed by atoms with Crippen molar-refractivity contribution in [2.75, 3.05) is 13.2 Å². The monoisotopic (exact) mass is 269 g/mol. The minimum atomic E-state index is -0.757. The maximum Gasteiger partial charge on any atom is 0.248 e. The normalized spacial score (nSPS) is 34.8. The summed E-state index contributed by atoms with van der Waals surface area (Å²) in [6.07, 6.45) is 4.46.